The molecule has 7 nitrogen and oxygen atoms in total. The number of nitrogens with zero attached hydrogens (tertiary/aromatic N) is 3. The van der Waals surface area contributed by atoms with Gasteiger partial charge in [0.2, 0.25) is 5.91 Å². The average molecular weight is 372 g/mol. The SMILES string of the molecule is Cc1c(C#N)c(NC(=O)CN2C[C@@H](O)[C@@H](O)C2)n(-c2ccc(F)cc2)c1C. The number of β-amino-alcohol motifs (C(OH)–C–C–N with tert-alkyl or cyclic N) is 2. The molecule has 1 fully saturated rings. The predicted octanol–water partition coefficient (Wildman–Crippen LogP) is 1.08. The van der Waals surface area contributed by atoms with Crippen LogP contribution in [-0.4, -0.2) is 57.4 Å². The summed E-state index contributed by atoms with van der Waals surface area (Å²) in [5.41, 5.74) is 2.46. The highest BCUT2D eigenvalue weighted by Crippen LogP contribution is 2.30. The van der Waals surface area contributed by atoms with Gasteiger partial charge in [0.05, 0.1) is 24.3 Å². The number of rotatable bonds is 4. The van der Waals surface area contributed by atoms with Crippen LogP contribution in [-0.2, 0) is 4.79 Å². The molecule has 0 aliphatic carbocycles. The Bertz CT molecular complexity index is 891. The third kappa shape index (κ3) is 3.71. The first kappa shape index (κ1) is 19.0. The highest BCUT2D eigenvalue weighted by Gasteiger charge is 2.31. The van der Waals surface area contributed by atoms with Crippen molar-refractivity contribution < 1.29 is 19.4 Å². The van der Waals surface area contributed by atoms with E-state index in [-0.39, 0.29) is 31.4 Å². The Morgan fingerprint density at radius 1 is 1.26 bits per heavy atom. The first-order valence-electron chi connectivity index (χ1n) is 8.58. The number of aliphatic hydroxyl groups is 2. The standard InChI is InChI=1S/C19H21FN4O3/c1-11-12(2)24(14-5-3-13(20)4-6-14)19(15(11)7-21)22-18(27)10-23-8-16(25)17(26)9-23/h3-6,16-17,25-26H,8-10H2,1-2H3,(H,22,27)/t16-,17+. The van der Waals surface area contributed by atoms with Crippen LogP contribution in [0.3, 0.4) is 0 Å². The minimum absolute atomic E-state index is 0.0221. The molecule has 0 saturated carbocycles. The van der Waals surface area contributed by atoms with Gasteiger partial charge in [0.15, 0.2) is 0 Å². The van der Waals surface area contributed by atoms with Crippen molar-refractivity contribution in [3.63, 3.8) is 0 Å². The van der Waals surface area contributed by atoms with E-state index in [1.54, 1.807) is 28.5 Å². The van der Waals surface area contributed by atoms with Crippen LogP contribution in [0.15, 0.2) is 24.3 Å². The zero-order chi connectivity index (χ0) is 19.7. The molecule has 1 aromatic heterocycles. The Kier molecular flexibility index (Phi) is 5.28. The van der Waals surface area contributed by atoms with Crippen LogP contribution in [0.4, 0.5) is 10.2 Å². The van der Waals surface area contributed by atoms with Crippen LogP contribution in [0.25, 0.3) is 5.69 Å². The van der Waals surface area contributed by atoms with Gasteiger partial charge in [-0.3, -0.25) is 14.3 Å². The fourth-order valence-electron chi connectivity index (χ4n) is 3.32. The van der Waals surface area contributed by atoms with E-state index in [2.05, 4.69) is 11.4 Å². The molecule has 3 N–H and O–H groups in total. The molecule has 27 heavy (non-hydrogen) atoms. The van der Waals surface area contributed by atoms with Gasteiger partial charge in [0.1, 0.15) is 17.7 Å². The molecular weight excluding hydrogens is 351 g/mol. The minimum atomic E-state index is -0.875. The van der Waals surface area contributed by atoms with Crippen LogP contribution in [0, 0.1) is 31.0 Å². The van der Waals surface area contributed by atoms with E-state index < -0.39 is 12.2 Å². The number of carbonyl (C=O) groups excluding carboxylic acids is 1. The monoisotopic (exact) mass is 372 g/mol. The summed E-state index contributed by atoms with van der Waals surface area (Å²) >= 11 is 0. The predicted molar refractivity (Wildman–Crippen MR) is 97.0 cm³/mol. The molecule has 2 heterocycles. The van der Waals surface area contributed by atoms with Crippen LogP contribution in [0.2, 0.25) is 0 Å². The molecule has 2 atom stereocenters. The number of hydrogen-bond donors (Lipinski definition) is 3. The van der Waals surface area contributed by atoms with E-state index in [9.17, 15) is 24.7 Å². The fourth-order valence-corrected chi connectivity index (χ4v) is 3.32. The van der Waals surface area contributed by atoms with Gasteiger partial charge in [0, 0.05) is 24.5 Å². The summed E-state index contributed by atoms with van der Waals surface area (Å²) in [6, 6.07) is 7.89. The van der Waals surface area contributed by atoms with E-state index in [4.69, 9.17) is 0 Å². The zero-order valence-corrected chi connectivity index (χ0v) is 15.1. The first-order chi connectivity index (χ1) is 12.8. The number of likely N-dealkylation sites (tertiary alicyclic amines) is 1. The lowest BCUT2D eigenvalue weighted by atomic mass is 10.2. The van der Waals surface area contributed by atoms with E-state index >= 15 is 0 Å². The molecule has 0 unspecified atom stereocenters. The molecule has 0 spiro atoms. The van der Waals surface area contributed by atoms with Crippen molar-refractivity contribution in [2.75, 3.05) is 25.0 Å². The van der Waals surface area contributed by atoms with Gasteiger partial charge < -0.3 is 15.5 Å². The lowest BCUT2D eigenvalue weighted by Gasteiger charge is -2.16. The Morgan fingerprint density at radius 3 is 2.41 bits per heavy atom. The maximum absolute atomic E-state index is 13.3. The molecule has 1 aromatic carbocycles. The summed E-state index contributed by atoms with van der Waals surface area (Å²) in [5.74, 6) is -0.421. The maximum atomic E-state index is 13.3. The molecule has 2 aromatic rings. The minimum Gasteiger partial charge on any atom is -0.389 e. The molecule has 8 heteroatoms. The van der Waals surface area contributed by atoms with Crippen molar-refractivity contribution in [2.45, 2.75) is 26.1 Å². The normalized spacial score (nSPS) is 19.9. The number of amides is 1. The lowest BCUT2D eigenvalue weighted by Crippen LogP contribution is -2.33. The number of hydrogen-bond acceptors (Lipinski definition) is 5. The molecular formula is C19H21FN4O3. The summed E-state index contributed by atoms with van der Waals surface area (Å²) in [4.78, 5) is 14.1. The van der Waals surface area contributed by atoms with Crippen LogP contribution in [0.5, 0.6) is 0 Å². The lowest BCUT2D eigenvalue weighted by molar-refractivity contribution is -0.117. The molecule has 0 radical (unpaired) electrons. The summed E-state index contributed by atoms with van der Waals surface area (Å²) in [7, 11) is 0. The summed E-state index contributed by atoms with van der Waals surface area (Å²) in [5, 5.41) is 31.5. The van der Waals surface area contributed by atoms with Crippen LogP contribution < -0.4 is 5.32 Å². The zero-order valence-electron chi connectivity index (χ0n) is 15.1. The number of aliphatic hydroxyl groups excluding tert-OH is 2. The van der Waals surface area contributed by atoms with E-state index in [0.717, 1.165) is 11.3 Å². The van der Waals surface area contributed by atoms with Gasteiger partial charge in [-0.1, -0.05) is 0 Å². The van der Waals surface area contributed by atoms with Crippen molar-refractivity contribution in [3.8, 4) is 11.8 Å². The number of halogens is 1. The van der Waals surface area contributed by atoms with Crippen molar-refractivity contribution >= 4 is 11.7 Å². The smallest absolute Gasteiger partial charge is 0.239 e. The van der Waals surface area contributed by atoms with Gasteiger partial charge in [-0.15, -0.1) is 0 Å². The van der Waals surface area contributed by atoms with Crippen LogP contribution >= 0.6 is 0 Å². The topological polar surface area (TPSA) is 102 Å². The van der Waals surface area contributed by atoms with Crippen molar-refractivity contribution in [2.24, 2.45) is 0 Å². The van der Waals surface area contributed by atoms with Gasteiger partial charge >= 0.3 is 0 Å². The molecule has 1 saturated heterocycles. The molecule has 1 aliphatic heterocycles. The molecule has 3 rings (SSSR count). The number of nitrogens with one attached hydrogen (secondary N) is 1. The molecule has 0 bridgehead atoms. The summed E-state index contributed by atoms with van der Waals surface area (Å²) in [6.07, 6.45) is -1.75. The first-order valence-corrected chi connectivity index (χ1v) is 8.58. The summed E-state index contributed by atoms with van der Waals surface area (Å²) < 4.78 is 15.0. The van der Waals surface area contributed by atoms with Gasteiger partial charge in [0.25, 0.3) is 0 Å². The number of carbonyl (C=O) groups is 1. The van der Waals surface area contributed by atoms with E-state index in [1.807, 2.05) is 6.92 Å². The number of anilines is 1. The fraction of sp³-hybridized carbons (Fsp3) is 0.368. The second kappa shape index (κ2) is 7.48. The number of aromatic nitrogens is 1. The summed E-state index contributed by atoms with van der Waals surface area (Å²) in [6.45, 7) is 4.00. The molecule has 142 valence electrons. The van der Waals surface area contributed by atoms with E-state index in [1.165, 1.54) is 12.1 Å². The van der Waals surface area contributed by atoms with Gasteiger partial charge in [-0.25, -0.2) is 4.39 Å². The second-order valence-electron chi connectivity index (χ2n) is 6.73. The van der Waals surface area contributed by atoms with Crippen molar-refractivity contribution in [1.82, 2.24) is 9.47 Å². The van der Waals surface area contributed by atoms with Gasteiger partial charge in [-0.2, -0.15) is 5.26 Å². The Hall–Kier alpha value is -2.73. The Labute approximate surface area is 156 Å². The number of benzene rings is 1. The average Bonchev–Trinajstić information content (AvgIpc) is 3.05. The molecule has 1 amide bonds. The number of nitriles is 1. The Balaban J connectivity index is 1.90. The van der Waals surface area contributed by atoms with Gasteiger partial charge in [-0.05, 0) is 43.7 Å². The third-order valence-corrected chi connectivity index (χ3v) is 4.87. The highest BCUT2D eigenvalue weighted by molar-refractivity contribution is 5.93. The Morgan fingerprint density at radius 2 is 1.85 bits per heavy atom. The largest absolute Gasteiger partial charge is 0.389 e. The van der Waals surface area contributed by atoms with Crippen molar-refractivity contribution in [1.29, 1.82) is 5.26 Å². The quantitative estimate of drug-likeness (QED) is 0.746. The third-order valence-electron chi connectivity index (χ3n) is 4.87. The second-order valence-corrected chi connectivity index (χ2v) is 6.73. The van der Waals surface area contributed by atoms with Crippen LogP contribution in [0.1, 0.15) is 16.8 Å². The molecule has 1 aliphatic rings. The highest BCUT2D eigenvalue weighted by atomic mass is 19.1. The van der Waals surface area contributed by atoms with Crippen molar-refractivity contribution in [3.05, 3.63) is 46.9 Å². The van der Waals surface area contributed by atoms with E-state index in [0.29, 0.717) is 17.1 Å². The maximum Gasteiger partial charge on any atom is 0.239 e.